The van der Waals surface area contributed by atoms with E-state index < -0.39 is 17.7 Å². The summed E-state index contributed by atoms with van der Waals surface area (Å²) in [5.41, 5.74) is 5.33. The number of aryl methyl sites for hydroxylation is 2. The highest BCUT2D eigenvalue weighted by molar-refractivity contribution is 8.00. The van der Waals surface area contributed by atoms with Crippen molar-refractivity contribution >= 4 is 57.3 Å². The zero-order valence-corrected chi connectivity index (χ0v) is 27.5. The maximum absolute atomic E-state index is 13.6. The van der Waals surface area contributed by atoms with Crippen molar-refractivity contribution in [2.24, 2.45) is 0 Å². The number of carbonyl (C=O) groups is 2. The average molecular weight is 668 g/mol. The van der Waals surface area contributed by atoms with Gasteiger partial charge in [0.1, 0.15) is 18.1 Å². The van der Waals surface area contributed by atoms with Crippen LogP contribution < -0.4 is 9.64 Å². The zero-order chi connectivity index (χ0) is 32.2. The second kappa shape index (κ2) is 13.9. The molecule has 10 heteroatoms. The number of nitrogens with zero attached hydrogens (tertiary/aromatic N) is 3. The van der Waals surface area contributed by atoms with Crippen LogP contribution in [0.5, 0.6) is 5.75 Å². The number of rotatable bonds is 10. The number of thioether (sulfide) groups is 1. The Balaban J connectivity index is 1.31. The average Bonchev–Trinajstić information content (AvgIpc) is 3.65. The van der Waals surface area contributed by atoms with Crippen LogP contribution in [0.4, 0.5) is 5.13 Å². The fraction of sp³-hybridized carbons (Fsp3) is 0.167. The number of aliphatic hydroxyl groups excluding tert-OH is 1. The summed E-state index contributed by atoms with van der Waals surface area (Å²) in [7, 11) is 0. The molecule has 1 fully saturated rings. The van der Waals surface area contributed by atoms with Crippen LogP contribution in [0.1, 0.15) is 46.3 Å². The molecule has 1 aliphatic heterocycles. The van der Waals surface area contributed by atoms with Gasteiger partial charge in [-0.25, -0.2) is 0 Å². The van der Waals surface area contributed by atoms with E-state index in [-0.39, 0.29) is 16.5 Å². The van der Waals surface area contributed by atoms with Crippen molar-refractivity contribution in [1.29, 1.82) is 0 Å². The maximum Gasteiger partial charge on any atom is 0.301 e. The molecule has 0 bridgehead atoms. The van der Waals surface area contributed by atoms with Gasteiger partial charge >= 0.3 is 5.91 Å². The number of ketones is 1. The molecule has 4 aromatic carbocycles. The third-order valence-corrected chi connectivity index (χ3v) is 10.3. The third kappa shape index (κ3) is 6.58. The molecule has 2 heterocycles. The van der Waals surface area contributed by atoms with Crippen LogP contribution in [0.2, 0.25) is 5.02 Å². The van der Waals surface area contributed by atoms with Gasteiger partial charge in [0.05, 0.1) is 11.6 Å². The van der Waals surface area contributed by atoms with Crippen molar-refractivity contribution in [3.63, 3.8) is 0 Å². The summed E-state index contributed by atoms with van der Waals surface area (Å²) in [6.07, 6.45) is 0.834. The number of hydrogen-bond acceptors (Lipinski definition) is 8. The smallest absolute Gasteiger partial charge is 0.301 e. The molecule has 0 spiro atoms. The van der Waals surface area contributed by atoms with E-state index in [9.17, 15) is 14.7 Å². The molecule has 232 valence electrons. The molecular weight excluding hydrogens is 638 g/mol. The van der Waals surface area contributed by atoms with E-state index in [0.717, 1.165) is 28.7 Å². The Morgan fingerprint density at radius 2 is 1.63 bits per heavy atom. The minimum atomic E-state index is -0.891. The maximum atomic E-state index is 13.6. The van der Waals surface area contributed by atoms with Gasteiger partial charge in [-0.2, -0.15) is 0 Å². The van der Waals surface area contributed by atoms with Gasteiger partial charge in [0.25, 0.3) is 5.78 Å². The predicted molar refractivity (Wildman–Crippen MR) is 183 cm³/mol. The van der Waals surface area contributed by atoms with Gasteiger partial charge in [0.2, 0.25) is 5.13 Å². The molecule has 46 heavy (non-hydrogen) atoms. The number of hydrogen-bond donors (Lipinski definition) is 1. The number of halogens is 1. The minimum Gasteiger partial charge on any atom is -0.507 e. The highest BCUT2D eigenvalue weighted by atomic mass is 35.5. The molecule has 7 nitrogen and oxygen atoms in total. The van der Waals surface area contributed by atoms with Crippen LogP contribution in [0.15, 0.2) is 107 Å². The standard InChI is InChI=1S/C36H30ClN3O4S2/c1-3-23-12-14-24(15-13-23)31-30(32(41)25-16-18-28(19-17-25)44-20-26-9-5-4-8-22(26)2)33(42)34(43)40(31)35-38-39-36(46-35)45-21-27-10-6-7-11-29(27)37/h4-19,31,41H,3,20-21H2,1-2H3/b32-30+. The molecular formula is C36H30ClN3O4S2. The Bertz CT molecular complexity index is 1920. The summed E-state index contributed by atoms with van der Waals surface area (Å²) in [4.78, 5) is 28.6. The third-order valence-electron chi connectivity index (χ3n) is 7.84. The van der Waals surface area contributed by atoms with Crippen molar-refractivity contribution in [2.75, 3.05) is 4.90 Å². The molecule has 1 unspecified atom stereocenters. The van der Waals surface area contributed by atoms with Gasteiger partial charge in [0.15, 0.2) is 4.34 Å². The molecule has 1 aromatic heterocycles. The van der Waals surface area contributed by atoms with Gasteiger partial charge in [-0.15, -0.1) is 10.2 Å². The predicted octanol–water partition coefficient (Wildman–Crippen LogP) is 8.56. The lowest BCUT2D eigenvalue weighted by molar-refractivity contribution is -0.132. The van der Waals surface area contributed by atoms with Crippen LogP contribution in [-0.4, -0.2) is 27.0 Å². The molecule has 6 rings (SSSR count). The van der Waals surface area contributed by atoms with Crippen LogP contribution in [0.25, 0.3) is 5.76 Å². The molecule has 1 aliphatic rings. The van der Waals surface area contributed by atoms with Gasteiger partial charge < -0.3 is 9.84 Å². The summed E-state index contributed by atoms with van der Waals surface area (Å²) >= 11 is 8.98. The molecule has 5 aromatic rings. The van der Waals surface area contributed by atoms with Crippen LogP contribution in [-0.2, 0) is 28.4 Å². The molecule has 1 amide bonds. The summed E-state index contributed by atoms with van der Waals surface area (Å²) in [5.74, 6) is -0.651. The monoisotopic (exact) mass is 667 g/mol. The number of aromatic nitrogens is 2. The van der Waals surface area contributed by atoms with E-state index in [0.29, 0.717) is 38.6 Å². The lowest BCUT2D eigenvalue weighted by atomic mass is 9.94. The Morgan fingerprint density at radius 1 is 0.935 bits per heavy atom. The number of amides is 1. The Hall–Kier alpha value is -4.44. The van der Waals surface area contributed by atoms with E-state index in [1.165, 1.54) is 28.0 Å². The highest BCUT2D eigenvalue weighted by Crippen LogP contribution is 2.44. The lowest BCUT2D eigenvalue weighted by Gasteiger charge is -2.22. The quantitative estimate of drug-likeness (QED) is 0.0524. The van der Waals surface area contributed by atoms with Gasteiger partial charge in [-0.05, 0) is 71.5 Å². The molecule has 0 saturated carbocycles. The summed E-state index contributed by atoms with van der Waals surface area (Å²) in [6.45, 7) is 4.49. The molecule has 0 aliphatic carbocycles. The van der Waals surface area contributed by atoms with E-state index in [1.54, 1.807) is 24.3 Å². The Morgan fingerprint density at radius 3 is 2.33 bits per heavy atom. The topological polar surface area (TPSA) is 92.6 Å². The fourth-order valence-corrected chi connectivity index (χ4v) is 7.34. The van der Waals surface area contributed by atoms with E-state index in [4.69, 9.17) is 16.3 Å². The first kappa shape index (κ1) is 31.5. The van der Waals surface area contributed by atoms with Crippen molar-refractivity contribution in [3.05, 3.63) is 141 Å². The first-order valence-corrected chi connectivity index (χ1v) is 16.9. The van der Waals surface area contributed by atoms with E-state index >= 15 is 0 Å². The number of anilines is 1. The highest BCUT2D eigenvalue weighted by Gasteiger charge is 2.48. The van der Waals surface area contributed by atoms with Crippen molar-refractivity contribution in [3.8, 4) is 5.75 Å². The summed E-state index contributed by atoms with van der Waals surface area (Å²) < 4.78 is 6.59. The normalized spacial score (nSPS) is 15.8. The second-order valence-corrected chi connectivity index (χ2v) is 13.3. The van der Waals surface area contributed by atoms with Gasteiger partial charge in [-0.1, -0.05) is 108 Å². The summed E-state index contributed by atoms with van der Waals surface area (Å²) in [6, 6.07) is 29.2. The molecule has 1 N–H and O–H groups in total. The van der Waals surface area contributed by atoms with Crippen LogP contribution in [0, 0.1) is 6.92 Å². The van der Waals surface area contributed by atoms with Crippen LogP contribution in [0.3, 0.4) is 0 Å². The van der Waals surface area contributed by atoms with Crippen molar-refractivity contribution < 1.29 is 19.4 Å². The molecule has 0 radical (unpaired) electrons. The number of carbonyl (C=O) groups excluding carboxylic acids is 2. The first-order valence-electron chi connectivity index (χ1n) is 14.7. The van der Waals surface area contributed by atoms with Crippen LogP contribution >= 0.6 is 34.7 Å². The first-order chi connectivity index (χ1) is 22.3. The Labute approximate surface area is 280 Å². The van der Waals surface area contributed by atoms with E-state index in [1.807, 2.05) is 79.7 Å². The second-order valence-electron chi connectivity index (χ2n) is 10.7. The minimum absolute atomic E-state index is 0.0108. The summed E-state index contributed by atoms with van der Waals surface area (Å²) in [5, 5.41) is 21.1. The number of Topliss-reactive ketones (excluding diaryl/α,β-unsaturated/α-hetero) is 1. The SMILES string of the molecule is CCc1ccc(C2/C(=C(\O)c3ccc(OCc4ccccc4C)cc3)C(=O)C(=O)N2c2nnc(SCc3ccccc3Cl)s2)cc1. The number of aliphatic hydroxyl groups is 1. The molecule has 1 atom stereocenters. The van der Waals surface area contributed by atoms with Crippen molar-refractivity contribution in [1.82, 2.24) is 10.2 Å². The number of benzene rings is 4. The van der Waals surface area contributed by atoms with Gasteiger partial charge in [0, 0.05) is 16.3 Å². The fourth-order valence-electron chi connectivity index (χ4n) is 5.19. The lowest BCUT2D eigenvalue weighted by Crippen LogP contribution is -2.29. The zero-order valence-electron chi connectivity index (χ0n) is 25.1. The molecule has 1 saturated heterocycles. The van der Waals surface area contributed by atoms with Gasteiger partial charge in [-0.3, -0.25) is 14.5 Å². The number of ether oxygens (including phenoxy) is 1. The van der Waals surface area contributed by atoms with E-state index in [2.05, 4.69) is 17.1 Å². The Kier molecular flexibility index (Phi) is 9.53. The van der Waals surface area contributed by atoms with Crippen molar-refractivity contribution in [2.45, 2.75) is 43.0 Å². The largest absolute Gasteiger partial charge is 0.507 e.